The Morgan fingerprint density at radius 2 is 1.48 bits per heavy atom. The summed E-state index contributed by atoms with van der Waals surface area (Å²) in [5.74, 6) is -1.58. The summed E-state index contributed by atoms with van der Waals surface area (Å²) < 4.78 is 29.6. The zero-order valence-electron chi connectivity index (χ0n) is 13.6. The van der Waals surface area contributed by atoms with E-state index in [9.17, 15) is 18.0 Å². The van der Waals surface area contributed by atoms with E-state index >= 15 is 0 Å². The summed E-state index contributed by atoms with van der Waals surface area (Å²) in [6.45, 7) is 2.08. The number of hydroxylamine groups is 2. The first-order valence-corrected chi connectivity index (χ1v) is 9.36. The molecule has 0 N–H and O–H groups in total. The van der Waals surface area contributed by atoms with E-state index in [1.165, 1.54) is 24.3 Å². The molecule has 0 spiro atoms. The van der Waals surface area contributed by atoms with E-state index < -0.39 is 21.9 Å². The molecule has 130 valence electrons. The predicted octanol–water partition coefficient (Wildman–Crippen LogP) is 2.95. The molecule has 0 saturated carbocycles. The number of rotatable bonds is 6. The highest BCUT2D eigenvalue weighted by molar-refractivity contribution is 7.86. The number of carbonyl (C=O) groups excluding carboxylic acids is 2. The topological polar surface area (TPSA) is 80.8 Å². The van der Waals surface area contributed by atoms with Crippen LogP contribution in [0, 0.1) is 0 Å². The Morgan fingerprint density at radius 1 is 0.920 bits per heavy atom. The molecule has 7 heteroatoms. The van der Waals surface area contributed by atoms with Gasteiger partial charge in [0, 0.05) is 0 Å². The molecule has 1 heterocycles. The van der Waals surface area contributed by atoms with Crippen LogP contribution in [0.3, 0.4) is 0 Å². The molecule has 0 unspecified atom stereocenters. The van der Waals surface area contributed by atoms with Crippen molar-refractivity contribution in [3.05, 3.63) is 65.2 Å². The molecule has 0 bridgehead atoms. The van der Waals surface area contributed by atoms with Crippen molar-refractivity contribution in [1.29, 1.82) is 0 Å². The average Bonchev–Trinajstić information content (AvgIpc) is 2.85. The molecular weight excluding hydrogens is 342 g/mol. The number of fused-ring (bicyclic) bond motifs is 1. The molecule has 0 atom stereocenters. The molecule has 2 aromatic rings. The number of benzene rings is 2. The van der Waals surface area contributed by atoms with Gasteiger partial charge in [0.2, 0.25) is 0 Å². The van der Waals surface area contributed by atoms with Crippen molar-refractivity contribution in [1.82, 2.24) is 5.06 Å². The lowest BCUT2D eigenvalue weighted by atomic mass is 10.1. The highest BCUT2D eigenvalue weighted by Gasteiger charge is 2.39. The lowest BCUT2D eigenvalue weighted by Crippen LogP contribution is -2.32. The van der Waals surface area contributed by atoms with Gasteiger partial charge in [0.25, 0.3) is 11.8 Å². The van der Waals surface area contributed by atoms with Crippen LogP contribution in [0.4, 0.5) is 0 Å². The van der Waals surface area contributed by atoms with Gasteiger partial charge >= 0.3 is 10.1 Å². The van der Waals surface area contributed by atoms with Gasteiger partial charge in [0.15, 0.2) is 0 Å². The molecule has 0 saturated heterocycles. The van der Waals surface area contributed by atoms with Crippen LogP contribution >= 0.6 is 0 Å². The summed E-state index contributed by atoms with van der Waals surface area (Å²) in [6, 6.07) is 12.3. The molecule has 6 nitrogen and oxygen atoms in total. The van der Waals surface area contributed by atoms with Crippen LogP contribution in [0.1, 0.15) is 46.0 Å². The third kappa shape index (κ3) is 3.33. The maximum Gasteiger partial charge on any atom is 0.318 e. The maximum atomic E-state index is 12.4. The third-order valence-corrected chi connectivity index (χ3v) is 5.16. The molecule has 0 fully saturated rings. The van der Waals surface area contributed by atoms with Crippen molar-refractivity contribution in [3.8, 4) is 0 Å². The van der Waals surface area contributed by atoms with Gasteiger partial charge in [0.05, 0.1) is 16.0 Å². The SMILES string of the molecule is CCCCc1ccc(S(=O)(=O)ON2C(=O)c3ccccc3C2=O)cc1. The monoisotopic (exact) mass is 359 g/mol. The normalized spacial score (nSPS) is 14.0. The average molecular weight is 359 g/mol. The van der Waals surface area contributed by atoms with E-state index in [1.54, 1.807) is 24.3 Å². The van der Waals surface area contributed by atoms with Crippen molar-refractivity contribution in [2.75, 3.05) is 0 Å². The van der Waals surface area contributed by atoms with Crippen LogP contribution < -0.4 is 0 Å². The van der Waals surface area contributed by atoms with Gasteiger partial charge in [-0.3, -0.25) is 9.59 Å². The second kappa shape index (κ2) is 6.78. The van der Waals surface area contributed by atoms with Crippen LogP contribution in [0.2, 0.25) is 0 Å². The fraction of sp³-hybridized carbons (Fsp3) is 0.222. The van der Waals surface area contributed by atoms with Crippen molar-refractivity contribution < 1.29 is 22.3 Å². The van der Waals surface area contributed by atoms with Gasteiger partial charge in [0.1, 0.15) is 0 Å². The molecule has 25 heavy (non-hydrogen) atoms. The Bertz CT molecular complexity index is 884. The largest absolute Gasteiger partial charge is 0.318 e. The zero-order valence-corrected chi connectivity index (χ0v) is 14.5. The number of nitrogens with zero attached hydrogens (tertiary/aromatic N) is 1. The van der Waals surface area contributed by atoms with Crippen LogP contribution in [-0.4, -0.2) is 25.3 Å². The van der Waals surface area contributed by atoms with Gasteiger partial charge < -0.3 is 0 Å². The molecule has 2 aromatic carbocycles. The Hall–Kier alpha value is -2.51. The number of carbonyl (C=O) groups is 2. The summed E-state index contributed by atoms with van der Waals surface area (Å²) in [5.41, 5.74) is 1.26. The summed E-state index contributed by atoms with van der Waals surface area (Å²) >= 11 is 0. The van der Waals surface area contributed by atoms with Crippen LogP contribution in [0.5, 0.6) is 0 Å². The minimum absolute atomic E-state index is 0.107. The molecular formula is C18H17NO5S. The maximum absolute atomic E-state index is 12.4. The molecule has 0 radical (unpaired) electrons. The summed E-state index contributed by atoms with van der Waals surface area (Å²) in [5, 5.41) is 0.297. The second-order valence-electron chi connectivity index (χ2n) is 5.73. The fourth-order valence-corrected chi connectivity index (χ4v) is 3.47. The van der Waals surface area contributed by atoms with E-state index in [2.05, 4.69) is 6.92 Å². The Balaban J connectivity index is 1.81. The zero-order chi connectivity index (χ0) is 18.0. The standard InChI is InChI=1S/C18H17NO5S/c1-2-3-6-13-9-11-14(12-10-13)25(22,23)24-19-17(20)15-7-4-5-8-16(15)18(19)21/h4-5,7-12H,2-3,6H2,1H3. The number of imide groups is 1. The Labute approximate surface area is 146 Å². The molecule has 1 aliphatic heterocycles. The second-order valence-corrected chi connectivity index (χ2v) is 7.26. The smallest absolute Gasteiger partial charge is 0.266 e. The number of aryl methyl sites for hydroxylation is 1. The van der Waals surface area contributed by atoms with Gasteiger partial charge in [-0.2, -0.15) is 8.42 Å². The minimum Gasteiger partial charge on any atom is -0.266 e. The first-order valence-electron chi connectivity index (χ1n) is 7.95. The van der Waals surface area contributed by atoms with E-state index in [4.69, 9.17) is 4.28 Å². The number of amides is 2. The van der Waals surface area contributed by atoms with E-state index in [1.807, 2.05) is 0 Å². The molecule has 3 rings (SSSR count). The molecule has 0 aromatic heterocycles. The minimum atomic E-state index is -4.28. The van der Waals surface area contributed by atoms with Crippen molar-refractivity contribution in [2.45, 2.75) is 31.1 Å². The number of hydrogen-bond donors (Lipinski definition) is 0. The highest BCUT2D eigenvalue weighted by Crippen LogP contribution is 2.25. The highest BCUT2D eigenvalue weighted by atomic mass is 32.2. The van der Waals surface area contributed by atoms with Crippen molar-refractivity contribution >= 4 is 21.9 Å². The lowest BCUT2D eigenvalue weighted by Gasteiger charge is -2.13. The predicted molar refractivity (Wildman–Crippen MR) is 90.3 cm³/mol. The van der Waals surface area contributed by atoms with Crippen LogP contribution in [-0.2, 0) is 20.8 Å². The summed E-state index contributed by atoms with van der Waals surface area (Å²) in [6.07, 6.45) is 2.91. The molecule has 2 amide bonds. The third-order valence-electron chi connectivity index (χ3n) is 3.96. The number of unbranched alkanes of at least 4 members (excludes halogenated alkanes) is 1. The first-order chi connectivity index (χ1) is 11.9. The lowest BCUT2D eigenvalue weighted by molar-refractivity contribution is -0.0103. The van der Waals surface area contributed by atoms with E-state index in [-0.39, 0.29) is 16.0 Å². The van der Waals surface area contributed by atoms with E-state index in [0.717, 1.165) is 24.8 Å². The van der Waals surface area contributed by atoms with Crippen molar-refractivity contribution in [2.24, 2.45) is 0 Å². The van der Waals surface area contributed by atoms with Gasteiger partial charge in [-0.05, 0) is 42.7 Å². The summed E-state index contributed by atoms with van der Waals surface area (Å²) in [4.78, 5) is 24.3. The van der Waals surface area contributed by atoms with Crippen molar-refractivity contribution in [3.63, 3.8) is 0 Å². The van der Waals surface area contributed by atoms with Crippen LogP contribution in [0.15, 0.2) is 53.4 Å². The van der Waals surface area contributed by atoms with Gasteiger partial charge in [-0.1, -0.05) is 37.6 Å². The first kappa shape index (κ1) is 17.3. The summed E-state index contributed by atoms with van der Waals surface area (Å²) in [7, 11) is -4.28. The fourth-order valence-electron chi connectivity index (χ4n) is 2.58. The van der Waals surface area contributed by atoms with Gasteiger partial charge in [-0.25, -0.2) is 0 Å². The quantitative estimate of drug-likeness (QED) is 0.741. The van der Waals surface area contributed by atoms with E-state index in [0.29, 0.717) is 5.06 Å². The number of hydrogen-bond acceptors (Lipinski definition) is 5. The van der Waals surface area contributed by atoms with Gasteiger partial charge in [-0.15, -0.1) is 9.35 Å². The van der Waals surface area contributed by atoms with Crippen LogP contribution in [0.25, 0.3) is 0 Å². The molecule has 1 aliphatic rings. The molecule has 0 aliphatic carbocycles. The Kier molecular flexibility index (Phi) is 4.69. The Morgan fingerprint density at radius 3 is 2.00 bits per heavy atom.